The summed E-state index contributed by atoms with van der Waals surface area (Å²) in [7, 11) is 0. The Kier molecular flexibility index (Phi) is 8.79. The molecule has 7 N–H and O–H groups in total. The summed E-state index contributed by atoms with van der Waals surface area (Å²) in [6, 6.07) is -3.78. The van der Waals surface area contributed by atoms with Crippen LogP contribution in [0.1, 0.15) is 32.6 Å². The van der Waals surface area contributed by atoms with Crippen LogP contribution >= 0.6 is 0 Å². The number of aliphatic carboxylic acids is 2. The minimum absolute atomic E-state index is 0.168. The maximum Gasteiger partial charge on any atom is 0.326 e. The maximum atomic E-state index is 12.7. The third-order valence-corrected chi connectivity index (χ3v) is 4.35. The molecule has 0 bridgehead atoms. The first-order chi connectivity index (χ1) is 13.1. The van der Waals surface area contributed by atoms with Gasteiger partial charge in [0.1, 0.15) is 18.1 Å². The van der Waals surface area contributed by atoms with E-state index in [9.17, 15) is 34.2 Å². The number of aliphatic hydroxyl groups is 1. The van der Waals surface area contributed by atoms with Gasteiger partial charge >= 0.3 is 11.9 Å². The van der Waals surface area contributed by atoms with Gasteiger partial charge in [-0.15, -0.1) is 0 Å². The second-order valence-corrected chi connectivity index (χ2v) is 6.51. The zero-order valence-electron chi connectivity index (χ0n) is 15.5. The summed E-state index contributed by atoms with van der Waals surface area (Å²) in [6.45, 7) is 0.990. The van der Waals surface area contributed by atoms with Crippen LogP contribution in [0.25, 0.3) is 0 Å². The minimum atomic E-state index is -1.45. The summed E-state index contributed by atoms with van der Waals surface area (Å²) in [6.07, 6.45) is -1.30. The fourth-order valence-electron chi connectivity index (χ4n) is 2.90. The summed E-state index contributed by atoms with van der Waals surface area (Å²) in [5.41, 5.74) is 5.18. The molecule has 28 heavy (non-hydrogen) atoms. The molecule has 1 saturated heterocycles. The largest absolute Gasteiger partial charge is 0.481 e. The molecule has 0 radical (unpaired) electrons. The van der Waals surface area contributed by atoms with Gasteiger partial charge in [-0.25, -0.2) is 4.79 Å². The Morgan fingerprint density at radius 1 is 1.18 bits per heavy atom. The van der Waals surface area contributed by atoms with Gasteiger partial charge in [0.15, 0.2) is 0 Å². The van der Waals surface area contributed by atoms with Crippen LogP contribution in [0, 0.1) is 0 Å². The number of nitrogens with two attached hydrogens (primary N) is 1. The number of carboxylic acids is 2. The molecule has 0 spiro atoms. The number of nitrogens with zero attached hydrogens (tertiary/aromatic N) is 1. The molecule has 3 amide bonds. The SMILES string of the molecule is CC(O)C(NC(=O)C(CCC(=O)O)NC(=O)CN)C(=O)N1CCCC1C(=O)O. The summed E-state index contributed by atoms with van der Waals surface area (Å²) in [5, 5.41) is 32.5. The number of aliphatic hydroxyl groups excluding tert-OH is 1. The Hall–Kier alpha value is -2.73. The lowest BCUT2D eigenvalue weighted by molar-refractivity contribution is -0.150. The maximum absolute atomic E-state index is 12.7. The van der Waals surface area contributed by atoms with Crippen LogP contribution in [-0.2, 0) is 24.0 Å². The molecule has 0 aliphatic carbocycles. The number of carbonyl (C=O) groups excluding carboxylic acids is 3. The summed E-state index contributed by atoms with van der Waals surface area (Å²) >= 11 is 0. The molecule has 0 aromatic heterocycles. The van der Waals surface area contributed by atoms with E-state index in [2.05, 4.69) is 10.6 Å². The summed E-state index contributed by atoms with van der Waals surface area (Å²) < 4.78 is 0. The molecule has 1 heterocycles. The Morgan fingerprint density at radius 3 is 2.32 bits per heavy atom. The van der Waals surface area contributed by atoms with Gasteiger partial charge in [-0.2, -0.15) is 0 Å². The van der Waals surface area contributed by atoms with Crippen LogP contribution in [0.2, 0.25) is 0 Å². The number of carbonyl (C=O) groups is 5. The van der Waals surface area contributed by atoms with Crippen molar-refractivity contribution < 1.29 is 39.3 Å². The van der Waals surface area contributed by atoms with Crippen molar-refractivity contribution in [2.45, 2.75) is 56.8 Å². The normalized spacial score (nSPS) is 19.4. The molecule has 1 aliphatic rings. The second-order valence-electron chi connectivity index (χ2n) is 6.51. The number of rotatable bonds is 10. The quantitative estimate of drug-likeness (QED) is 0.224. The van der Waals surface area contributed by atoms with E-state index in [1.807, 2.05) is 0 Å². The monoisotopic (exact) mass is 402 g/mol. The molecule has 1 aliphatic heterocycles. The van der Waals surface area contributed by atoms with E-state index in [0.717, 1.165) is 4.90 Å². The van der Waals surface area contributed by atoms with Gasteiger partial charge in [-0.1, -0.05) is 0 Å². The van der Waals surface area contributed by atoms with Crippen LogP contribution in [0.3, 0.4) is 0 Å². The highest BCUT2D eigenvalue weighted by Crippen LogP contribution is 2.19. The van der Waals surface area contributed by atoms with Crippen LogP contribution in [0.15, 0.2) is 0 Å². The lowest BCUT2D eigenvalue weighted by Crippen LogP contribution is -2.59. The van der Waals surface area contributed by atoms with E-state index >= 15 is 0 Å². The van der Waals surface area contributed by atoms with Crippen molar-refractivity contribution in [3.8, 4) is 0 Å². The van der Waals surface area contributed by atoms with E-state index in [1.165, 1.54) is 6.92 Å². The highest BCUT2D eigenvalue weighted by molar-refractivity contribution is 5.94. The molecule has 1 fully saturated rings. The Morgan fingerprint density at radius 2 is 1.82 bits per heavy atom. The van der Waals surface area contributed by atoms with Crippen molar-refractivity contribution >= 4 is 29.7 Å². The van der Waals surface area contributed by atoms with Crippen molar-refractivity contribution in [1.82, 2.24) is 15.5 Å². The van der Waals surface area contributed by atoms with Crippen molar-refractivity contribution in [2.75, 3.05) is 13.1 Å². The number of carboxylic acid groups (broad SMARTS) is 2. The van der Waals surface area contributed by atoms with E-state index in [-0.39, 0.29) is 19.4 Å². The van der Waals surface area contributed by atoms with Gasteiger partial charge in [0, 0.05) is 13.0 Å². The Bertz CT molecular complexity index is 624. The Balaban J connectivity index is 2.92. The first-order valence-corrected chi connectivity index (χ1v) is 8.81. The predicted molar refractivity (Wildman–Crippen MR) is 93.8 cm³/mol. The van der Waals surface area contributed by atoms with Gasteiger partial charge in [-0.05, 0) is 26.2 Å². The predicted octanol–water partition coefficient (Wildman–Crippen LogP) is -2.76. The first kappa shape index (κ1) is 23.3. The standard InChI is InChI=1S/C16H26N4O8/c1-8(21)13(15(26)20-6-2-3-10(20)16(27)28)19-14(25)9(4-5-12(23)24)18-11(22)7-17/h8-10,13,21H,2-7,17H2,1H3,(H,18,22)(H,19,25)(H,23,24)(H,27,28). The fourth-order valence-corrected chi connectivity index (χ4v) is 2.90. The summed E-state index contributed by atoms with van der Waals surface area (Å²) in [5.74, 6) is -4.72. The number of nitrogens with one attached hydrogen (secondary N) is 2. The average molecular weight is 402 g/mol. The number of likely N-dealkylation sites (tertiary alicyclic amines) is 1. The van der Waals surface area contributed by atoms with Crippen LogP contribution < -0.4 is 16.4 Å². The zero-order chi connectivity index (χ0) is 21.4. The molecule has 4 atom stereocenters. The summed E-state index contributed by atoms with van der Waals surface area (Å²) in [4.78, 5) is 59.8. The lowest BCUT2D eigenvalue weighted by Gasteiger charge is -2.30. The molecular formula is C16H26N4O8. The number of hydrogen-bond donors (Lipinski definition) is 6. The average Bonchev–Trinajstić information content (AvgIpc) is 3.11. The van der Waals surface area contributed by atoms with Gasteiger partial charge in [0.05, 0.1) is 12.6 Å². The minimum Gasteiger partial charge on any atom is -0.481 e. The molecule has 1 rings (SSSR count). The van der Waals surface area contributed by atoms with Crippen LogP contribution in [0.5, 0.6) is 0 Å². The molecule has 12 heteroatoms. The Labute approximate surface area is 161 Å². The third-order valence-electron chi connectivity index (χ3n) is 4.35. The molecule has 158 valence electrons. The third kappa shape index (κ3) is 6.46. The van der Waals surface area contributed by atoms with Crippen molar-refractivity contribution in [3.05, 3.63) is 0 Å². The van der Waals surface area contributed by atoms with Crippen molar-refractivity contribution in [2.24, 2.45) is 5.73 Å². The molecule has 12 nitrogen and oxygen atoms in total. The lowest BCUT2D eigenvalue weighted by atomic mass is 10.1. The van der Waals surface area contributed by atoms with Crippen molar-refractivity contribution in [1.29, 1.82) is 0 Å². The molecular weight excluding hydrogens is 376 g/mol. The molecule has 4 unspecified atom stereocenters. The van der Waals surface area contributed by atoms with Gasteiger partial charge in [-0.3, -0.25) is 19.2 Å². The van der Waals surface area contributed by atoms with Crippen molar-refractivity contribution in [3.63, 3.8) is 0 Å². The van der Waals surface area contributed by atoms with Gasteiger partial charge in [0.2, 0.25) is 17.7 Å². The van der Waals surface area contributed by atoms with E-state index < -0.39 is 66.9 Å². The molecule has 0 saturated carbocycles. The second kappa shape index (κ2) is 10.6. The van der Waals surface area contributed by atoms with E-state index in [4.69, 9.17) is 10.8 Å². The molecule has 0 aromatic rings. The smallest absolute Gasteiger partial charge is 0.326 e. The number of amides is 3. The highest BCUT2D eigenvalue weighted by atomic mass is 16.4. The fraction of sp³-hybridized carbons (Fsp3) is 0.688. The zero-order valence-corrected chi connectivity index (χ0v) is 15.5. The highest BCUT2D eigenvalue weighted by Gasteiger charge is 2.39. The van der Waals surface area contributed by atoms with Crippen LogP contribution in [0.4, 0.5) is 0 Å². The van der Waals surface area contributed by atoms with E-state index in [1.54, 1.807) is 0 Å². The van der Waals surface area contributed by atoms with Crippen LogP contribution in [-0.4, -0.2) is 87.2 Å². The number of hydrogen-bond acceptors (Lipinski definition) is 7. The first-order valence-electron chi connectivity index (χ1n) is 8.81. The topological polar surface area (TPSA) is 199 Å². The van der Waals surface area contributed by atoms with Gasteiger partial charge in [0.25, 0.3) is 0 Å². The van der Waals surface area contributed by atoms with E-state index in [0.29, 0.717) is 6.42 Å². The molecule has 0 aromatic carbocycles. The van der Waals surface area contributed by atoms with Gasteiger partial charge < -0.3 is 36.6 Å².